The van der Waals surface area contributed by atoms with E-state index in [4.69, 9.17) is 4.74 Å². The Labute approximate surface area is 203 Å². The molecule has 194 valence electrons. The summed E-state index contributed by atoms with van der Waals surface area (Å²) in [5.41, 5.74) is -2.09. The summed E-state index contributed by atoms with van der Waals surface area (Å²) in [7, 11) is 1.37. The van der Waals surface area contributed by atoms with Gasteiger partial charge in [0.2, 0.25) is 0 Å². The van der Waals surface area contributed by atoms with Gasteiger partial charge in [-0.25, -0.2) is 18.3 Å². The molecule has 1 aromatic heterocycles. The minimum Gasteiger partial charge on any atom is -0.454 e. The Bertz CT molecular complexity index is 1390. The summed E-state index contributed by atoms with van der Waals surface area (Å²) in [6, 6.07) is 4.84. The first-order chi connectivity index (χ1) is 17.4. The van der Waals surface area contributed by atoms with E-state index in [1.165, 1.54) is 25.4 Å². The number of nitrogens with one attached hydrogen (secondary N) is 3. The van der Waals surface area contributed by atoms with Crippen LogP contribution in [0.1, 0.15) is 16.1 Å². The van der Waals surface area contributed by atoms with Crippen molar-refractivity contribution >= 4 is 23.3 Å². The molecule has 1 aliphatic rings. The number of hydrogen-bond donors (Lipinski definition) is 3. The average molecular weight is 528 g/mol. The summed E-state index contributed by atoms with van der Waals surface area (Å²) in [5, 5.41) is 6.40. The molecule has 0 spiro atoms. The lowest BCUT2D eigenvalue weighted by molar-refractivity contribution is -0.461. The maximum Gasteiger partial charge on any atom is 0.540 e. The summed E-state index contributed by atoms with van der Waals surface area (Å²) in [5.74, 6) is -4.26. The number of anilines is 2. The van der Waals surface area contributed by atoms with Crippen molar-refractivity contribution in [1.29, 1.82) is 0 Å². The number of carbonyl (C=O) groups is 2. The number of urea groups is 1. The van der Waals surface area contributed by atoms with E-state index in [2.05, 4.69) is 25.1 Å². The van der Waals surface area contributed by atoms with Crippen LogP contribution in [0.15, 0.2) is 48.7 Å². The zero-order valence-electron chi connectivity index (χ0n) is 18.4. The molecule has 0 atom stereocenters. The number of alkyl halides is 4. The predicted molar refractivity (Wildman–Crippen MR) is 114 cm³/mol. The van der Waals surface area contributed by atoms with Crippen LogP contribution < -0.4 is 25.4 Å². The fourth-order valence-electron chi connectivity index (χ4n) is 3.12. The summed E-state index contributed by atoms with van der Waals surface area (Å²) in [4.78, 5) is 27.7. The van der Waals surface area contributed by atoms with E-state index in [-0.39, 0.29) is 17.1 Å². The number of fused-ring (bicyclic) bond motifs is 1. The zero-order chi connectivity index (χ0) is 27.0. The Morgan fingerprint density at radius 2 is 1.73 bits per heavy atom. The Kier molecular flexibility index (Phi) is 6.56. The molecule has 0 radical (unpaired) electrons. The van der Waals surface area contributed by atoms with Gasteiger partial charge in [-0.15, -0.1) is 8.78 Å². The van der Waals surface area contributed by atoms with Crippen molar-refractivity contribution in [2.24, 2.45) is 0 Å². The molecule has 0 bridgehead atoms. The Hall–Kier alpha value is -4.53. The average Bonchev–Trinajstić information content (AvgIpc) is 2.81. The van der Waals surface area contributed by atoms with E-state index in [0.717, 1.165) is 12.1 Å². The number of pyridine rings is 1. The first-order valence-corrected chi connectivity index (χ1v) is 10.1. The van der Waals surface area contributed by atoms with Gasteiger partial charge in [0.25, 0.3) is 5.91 Å². The molecule has 0 saturated heterocycles. The van der Waals surface area contributed by atoms with Gasteiger partial charge in [0.05, 0.1) is 11.3 Å². The minimum atomic E-state index is -4.57. The van der Waals surface area contributed by atoms with Gasteiger partial charge in [0.1, 0.15) is 17.2 Å². The van der Waals surface area contributed by atoms with Crippen LogP contribution in [0.2, 0.25) is 0 Å². The van der Waals surface area contributed by atoms with Crippen LogP contribution in [-0.4, -0.2) is 30.3 Å². The second-order valence-electron chi connectivity index (χ2n) is 7.29. The molecule has 0 unspecified atom stereocenters. The maximum absolute atomic E-state index is 14.5. The molecule has 3 N–H and O–H groups in total. The molecule has 2 heterocycles. The summed E-state index contributed by atoms with van der Waals surface area (Å²) < 4.78 is 95.7. The van der Waals surface area contributed by atoms with Gasteiger partial charge in [0.15, 0.2) is 17.4 Å². The topological polar surface area (TPSA) is 111 Å². The third-order valence-corrected chi connectivity index (χ3v) is 4.72. The van der Waals surface area contributed by atoms with Crippen molar-refractivity contribution in [3.8, 4) is 17.2 Å². The van der Waals surface area contributed by atoms with Crippen molar-refractivity contribution in [2.45, 2.75) is 12.4 Å². The number of rotatable bonds is 5. The van der Waals surface area contributed by atoms with Gasteiger partial charge < -0.3 is 25.4 Å². The number of carbonyl (C=O) groups excluding carboxylic acids is 2. The lowest BCUT2D eigenvalue weighted by atomic mass is 10.1. The summed E-state index contributed by atoms with van der Waals surface area (Å²) in [6.07, 6.45) is -7.79. The molecular formula is C22H14F6N4O5. The molecule has 37 heavy (non-hydrogen) atoms. The van der Waals surface area contributed by atoms with E-state index in [9.17, 15) is 35.9 Å². The number of halogens is 6. The molecule has 0 aliphatic carbocycles. The minimum absolute atomic E-state index is 0.0275. The normalized spacial score (nSPS) is 15.1. The molecule has 15 heteroatoms. The van der Waals surface area contributed by atoms with Gasteiger partial charge in [-0.05, 0) is 24.3 Å². The van der Waals surface area contributed by atoms with Crippen LogP contribution in [0.5, 0.6) is 17.2 Å². The second-order valence-corrected chi connectivity index (χ2v) is 7.29. The van der Waals surface area contributed by atoms with E-state index in [1.54, 1.807) is 0 Å². The number of hydrogen-bond acceptors (Lipinski definition) is 6. The molecule has 2 aromatic carbocycles. The number of ether oxygens (including phenoxy) is 3. The Morgan fingerprint density at radius 1 is 0.973 bits per heavy atom. The van der Waals surface area contributed by atoms with Crippen molar-refractivity contribution in [3.63, 3.8) is 0 Å². The third-order valence-electron chi connectivity index (χ3n) is 4.72. The largest absolute Gasteiger partial charge is 0.540 e. The van der Waals surface area contributed by atoms with Gasteiger partial charge >= 0.3 is 18.4 Å². The SMILES string of the molecule is CNC(=O)c1cc(Oc2cc(F)c(NC(=O)Nc3ccc4c(c3)C(F)(F)OC(F)(F)O4)cc2F)ccn1. The van der Waals surface area contributed by atoms with Crippen molar-refractivity contribution < 1.29 is 50.1 Å². The number of aromatic nitrogens is 1. The molecular weight excluding hydrogens is 514 g/mol. The van der Waals surface area contributed by atoms with Crippen LogP contribution in [0.25, 0.3) is 0 Å². The highest BCUT2D eigenvalue weighted by Crippen LogP contribution is 2.46. The fraction of sp³-hybridized carbons (Fsp3) is 0.136. The highest BCUT2D eigenvalue weighted by molar-refractivity contribution is 6.00. The fourth-order valence-corrected chi connectivity index (χ4v) is 3.12. The van der Waals surface area contributed by atoms with Crippen molar-refractivity contribution in [2.75, 3.05) is 17.7 Å². The Balaban J connectivity index is 1.47. The highest BCUT2D eigenvalue weighted by atomic mass is 19.3. The van der Waals surface area contributed by atoms with Gasteiger partial charge in [0, 0.05) is 37.1 Å². The summed E-state index contributed by atoms with van der Waals surface area (Å²) in [6.45, 7) is 0. The van der Waals surface area contributed by atoms with E-state index >= 15 is 0 Å². The van der Waals surface area contributed by atoms with Crippen LogP contribution in [-0.2, 0) is 10.8 Å². The molecule has 0 fully saturated rings. The van der Waals surface area contributed by atoms with Crippen LogP contribution >= 0.6 is 0 Å². The first kappa shape index (κ1) is 25.6. The van der Waals surface area contributed by atoms with E-state index < -0.39 is 58.7 Å². The highest BCUT2D eigenvalue weighted by Gasteiger charge is 2.54. The monoisotopic (exact) mass is 528 g/mol. The predicted octanol–water partition coefficient (Wildman–Crippen LogP) is 5.16. The molecule has 3 aromatic rings. The number of amides is 3. The van der Waals surface area contributed by atoms with E-state index in [1.807, 2.05) is 5.32 Å². The zero-order valence-corrected chi connectivity index (χ0v) is 18.4. The first-order valence-electron chi connectivity index (χ1n) is 10.1. The molecule has 0 saturated carbocycles. The molecule has 1 aliphatic heterocycles. The van der Waals surface area contributed by atoms with Gasteiger partial charge in [-0.3, -0.25) is 9.78 Å². The van der Waals surface area contributed by atoms with Crippen molar-refractivity contribution in [3.05, 3.63) is 71.6 Å². The summed E-state index contributed by atoms with van der Waals surface area (Å²) >= 11 is 0. The lowest BCUT2D eigenvalue weighted by Crippen LogP contribution is -2.41. The van der Waals surface area contributed by atoms with Gasteiger partial charge in [-0.2, -0.15) is 8.78 Å². The van der Waals surface area contributed by atoms with Gasteiger partial charge in [-0.1, -0.05) is 0 Å². The molecule has 9 nitrogen and oxygen atoms in total. The maximum atomic E-state index is 14.5. The quantitative estimate of drug-likeness (QED) is 0.395. The molecule has 4 rings (SSSR count). The van der Waals surface area contributed by atoms with Crippen LogP contribution in [0, 0.1) is 11.6 Å². The Morgan fingerprint density at radius 3 is 2.46 bits per heavy atom. The van der Waals surface area contributed by atoms with E-state index in [0.29, 0.717) is 18.2 Å². The molecule has 3 amide bonds. The number of nitrogens with zero attached hydrogens (tertiary/aromatic N) is 1. The lowest BCUT2D eigenvalue weighted by Gasteiger charge is -2.30. The second kappa shape index (κ2) is 9.50. The van der Waals surface area contributed by atoms with Crippen molar-refractivity contribution in [1.82, 2.24) is 10.3 Å². The smallest absolute Gasteiger partial charge is 0.454 e. The standard InChI is InChI=1S/C22H14F6N4O5/c1-29-19(33)16-7-11(4-5-30-16)35-18-9-13(23)15(8-14(18)24)32-20(34)31-10-2-3-17-12(6-10)21(25,26)37-22(27,28)36-17/h2-9H,1H3,(H,29,33)(H2,31,32,34). The van der Waals surface area contributed by atoms with Crippen LogP contribution in [0.4, 0.5) is 42.5 Å². The third kappa shape index (κ3) is 5.66. The van der Waals surface area contributed by atoms with Crippen LogP contribution in [0.3, 0.4) is 0 Å². The number of benzene rings is 2.